The number of hydrogen-bond acceptors (Lipinski definition) is 7. The van der Waals surface area contributed by atoms with Crippen molar-refractivity contribution in [3.05, 3.63) is 42.0 Å². The van der Waals surface area contributed by atoms with Gasteiger partial charge in [0, 0.05) is 11.8 Å². The maximum atomic E-state index is 12.7. The molecule has 2 aromatic carbocycles. The first kappa shape index (κ1) is 25.2. The number of carbonyl (C=O) groups is 2. The Morgan fingerprint density at radius 3 is 2.16 bits per heavy atom. The van der Waals surface area contributed by atoms with Crippen LogP contribution < -0.4 is 9.50 Å². The molecule has 2 aromatic rings. The first-order valence-electron chi connectivity index (χ1n) is 9.23. The van der Waals surface area contributed by atoms with Crippen LogP contribution in [0.3, 0.4) is 0 Å². The number of amides is 1. The molecule has 0 heterocycles. The molecule has 0 fully saturated rings. The number of fused-ring (bicyclic) bond motifs is 1. The van der Waals surface area contributed by atoms with Crippen molar-refractivity contribution in [2.24, 2.45) is 0 Å². The fourth-order valence-electron chi connectivity index (χ4n) is 2.76. The van der Waals surface area contributed by atoms with Crippen molar-refractivity contribution in [3.63, 3.8) is 0 Å². The largest absolute Gasteiger partial charge is 0.534 e. The number of carbonyl (C=O) groups excluding carboxylic acids is 2. The van der Waals surface area contributed by atoms with Crippen molar-refractivity contribution in [2.75, 3.05) is 7.11 Å². The van der Waals surface area contributed by atoms with Gasteiger partial charge in [0.15, 0.2) is 5.75 Å². The normalized spacial score (nSPS) is 13.3. The highest BCUT2D eigenvalue weighted by Crippen LogP contribution is 2.33. The zero-order valence-corrected chi connectivity index (χ0v) is 18.5. The predicted octanol–water partition coefficient (Wildman–Crippen LogP) is 3.68. The van der Waals surface area contributed by atoms with Gasteiger partial charge in [-0.3, -0.25) is 0 Å². The molecule has 0 bridgehead atoms. The van der Waals surface area contributed by atoms with Crippen LogP contribution in [0.4, 0.5) is 18.0 Å². The van der Waals surface area contributed by atoms with Crippen LogP contribution in [0, 0.1) is 0 Å². The molecule has 1 amide bonds. The lowest BCUT2D eigenvalue weighted by molar-refractivity contribution is -0.143. The van der Waals surface area contributed by atoms with E-state index < -0.39 is 45.1 Å². The molecule has 1 N–H and O–H groups in total. The van der Waals surface area contributed by atoms with Gasteiger partial charge in [-0.25, -0.2) is 9.59 Å². The standard InChI is InChI=1S/C20H22F3NO7S/c1-19(2,3)30-18(26)24-15(17(25)29-4)11-12-9-10-16(14-8-6-5-7-13(12)14)31-32(27,28)20(21,22)23/h5-10,15H,11H2,1-4H3,(H,24,26)/t15-/m0/s1. The summed E-state index contributed by atoms with van der Waals surface area (Å²) in [5.74, 6) is -1.31. The second-order valence-electron chi connectivity index (χ2n) is 7.68. The first-order valence-corrected chi connectivity index (χ1v) is 10.6. The molecule has 0 spiro atoms. The van der Waals surface area contributed by atoms with E-state index in [2.05, 4.69) is 9.50 Å². The van der Waals surface area contributed by atoms with Gasteiger partial charge in [-0.1, -0.05) is 30.3 Å². The van der Waals surface area contributed by atoms with E-state index >= 15 is 0 Å². The lowest BCUT2D eigenvalue weighted by Crippen LogP contribution is -2.45. The van der Waals surface area contributed by atoms with E-state index in [0.29, 0.717) is 10.9 Å². The summed E-state index contributed by atoms with van der Waals surface area (Å²) in [6, 6.07) is 7.11. The number of rotatable bonds is 6. The lowest BCUT2D eigenvalue weighted by atomic mass is 9.98. The topological polar surface area (TPSA) is 108 Å². The number of benzene rings is 2. The molecular formula is C20H22F3NO7S. The summed E-state index contributed by atoms with van der Waals surface area (Å²) in [4.78, 5) is 24.3. The molecule has 32 heavy (non-hydrogen) atoms. The number of alkyl carbamates (subject to hydrolysis) is 1. The first-order chi connectivity index (χ1) is 14.6. The summed E-state index contributed by atoms with van der Waals surface area (Å²) in [6.45, 7) is 4.92. The molecule has 0 radical (unpaired) electrons. The Kier molecular flexibility index (Phi) is 7.28. The van der Waals surface area contributed by atoms with E-state index in [1.807, 2.05) is 0 Å². The van der Waals surface area contributed by atoms with Crippen molar-refractivity contribution in [1.29, 1.82) is 0 Å². The second-order valence-corrected chi connectivity index (χ2v) is 9.22. The third-order valence-electron chi connectivity index (χ3n) is 4.06. The van der Waals surface area contributed by atoms with Crippen molar-refractivity contribution in [1.82, 2.24) is 5.32 Å². The van der Waals surface area contributed by atoms with Gasteiger partial charge in [0.1, 0.15) is 11.6 Å². The highest BCUT2D eigenvalue weighted by atomic mass is 32.2. The predicted molar refractivity (Wildman–Crippen MR) is 108 cm³/mol. The Hall–Kier alpha value is -3.02. The molecule has 0 aliphatic heterocycles. The van der Waals surface area contributed by atoms with Gasteiger partial charge in [0.25, 0.3) is 0 Å². The van der Waals surface area contributed by atoms with Gasteiger partial charge in [0.2, 0.25) is 0 Å². The van der Waals surface area contributed by atoms with Crippen LogP contribution in [0.15, 0.2) is 36.4 Å². The van der Waals surface area contributed by atoms with Crippen molar-refractivity contribution < 1.29 is 44.8 Å². The molecular weight excluding hydrogens is 455 g/mol. The van der Waals surface area contributed by atoms with Gasteiger partial charge < -0.3 is 19.0 Å². The van der Waals surface area contributed by atoms with Crippen LogP contribution >= 0.6 is 0 Å². The third kappa shape index (κ3) is 6.25. The summed E-state index contributed by atoms with van der Waals surface area (Å²) in [5, 5.41) is 2.79. The molecule has 0 aliphatic carbocycles. The van der Waals surface area contributed by atoms with Crippen LogP contribution in [-0.2, 0) is 30.8 Å². The number of alkyl halides is 3. The highest BCUT2D eigenvalue weighted by Gasteiger charge is 2.48. The average Bonchev–Trinajstić information content (AvgIpc) is 2.66. The van der Waals surface area contributed by atoms with E-state index in [-0.39, 0.29) is 11.8 Å². The minimum absolute atomic E-state index is 0.0682. The summed E-state index contributed by atoms with van der Waals surface area (Å²) >= 11 is 0. The molecule has 1 atom stereocenters. The van der Waals surface area contributed by atoms with E-state index in [1.54, 1.807) is 26.8 Å². The lowest BCUT2D eigenvalue weighted by Gasteiger charge is -2.23. The molecule has 0 saturated heterocycles. The van der Waals surface area contributed by atoms with Crippen LogP contribution in [0.25, 0.3) is 10.8 Å². The fourth-order valence-corrected chi connectivity index (χ4v) is 3.23. The monoisotopic (exact) mass is 477 g/mol. The molecule has 0 aromatic heterocycles. The minimum Gasteiger partial charge on any atom is -0.467 e. The van der Waals surface area contributed by atoms with Crippen molar-refractivity contribution in [2.45, 2.75) is 44.3 Å². The van der Waals surface area contributed by atoms with E-state index in [4.69, 9.17) is 9.47 Å². The fraction of sp³-hybridized carbons (Fsp3) is 0.400. The number of nitrogens with one attached hydrogen (secondary N) is 1. The van der Waals surface area contributed by atoms with Crippen LogP contribution in [-0.4, -0.2) is 44.7 Å². The van der Waals surface area contributed by atoms with Gasteiger partial charge >= 0.3 is 27.7 Å². The maximum absolute atomic E-state index is 12.7. The number of ether oxygens (including phenoxy) is 2. The zero-order chi connectivity index (χ0) is 24.3. The van der Waals surface area contributed by atoms with Gasteiger partial charge in [-0.2, -0.15) is 21.6 Å². The average molecular weight is 477 g/mol. The van der Waals surface area contributed by atoms with E-state index in [1.165, 1.54) is 24.3 Å². The SMILES string of the molecule is COC(=O)[C@H](Cc1ccc(OS(=O)(=O)C(F)(F)F)c2ccccc12)NC(=O)OC(C)(C)C. The number of halogens is 3. The smallest absolute Gasteiger partial charge is 0.467 e. The highest BCUT2D eigenvalue weighted by molar-refractivity contribution is 7.88. The Morgan fingerprint density at radius 1 is 1.03 bits per heavy atom. The third-order valence-corrected chi connectivity index (χ3v) is 5.02. The number of methoxy groups -OCH3 is 1. The van der Waals surface area contributed by atoms with Crippen LogP contribution in [0.1, 0.15) is 26.3 Å². The van der Waals surface area contributed by atoms with Crippen molar-refractivity contribution in [3.8, 4) is 5.75 Å². The van der Waals surface area contributed by atoms with Crippen molar-refractivity contribution >= 4 is 33.0 Å². The van der Waals surface area contributed by atoms with Gasteiger partial charge in [-0.05, 0) is 37.8 Å². The summed E-state index contributed by atoms with van der Waals surface area (Å²) in [5.41, 5.74) is -6.00. The molecule has 12 heteroatoms. The Labute approximate surface area is 182 Å². The number of hydrogen-bond donors (Lipinski definition) is 1. The van der Waals surface area contributed by atoms with E-state index in [0.717, 1.165) is 13.2 Å². The second kappa shape index (κ2) is 9.23. The molecule has 0 aliphatic rings. The molecule has 0 saturated carbocycles. The summed E-state index contributed by atoms with van der Waals surface area (Å²) in [6.07, 6.45) is -0.980. The summed E-state index contributed by atoms with van der Waals surface area (Å²) in [7, 11) is -4.75. The van der Waals surface area contributed by atoms with Gasteiger partial charge in [-0.15, -0.1) is 0 Å². The molecule has 2 rings (SSSR count). The van der Waals surface area contributed by atoms with Gasteiger partial charge in [0.05, 0.1) is 7.11 Å². The van der Waals surface area contributed by atoms with Crippen LogP contribution in [0.2, 0.25) is 0 Å². The zero-order valence-electron chi connectivity index (χ0n) is 17.6. The Morgan fingerprint density at radius 2 is 1.62 bits per heavy atom. The maximum Gasteiger partial charge on any atom is 0.534 e. The number of esters is 1. The van der Waals surface area contributed by atoms with E-state index in [9.17, 15) is 31.2 Å². The molecule has 176 valence electrons. The quantitative estimate of drug-likeness (QED) is 0.384. The Balaban J connectivity index is 2.41. The molecule has 8 nitrogen and oxygen atoms in total. The van der Waals surface area contributed by atoms with Crippen LogP contribution in [0.5, 0.6) is 5.75 Å². The minimum atomic E-state index is -5.88. The Bertz CT molecular complexity index is 1110. The molecule has 0 unspecified atom stereocenters. The summed E-state index contributed by atoms with van der Waals surface area (Å²) < 4.78 is 75.2.